The Morgan fingerprint density at radius 2 is 1.88 bits per heavy atom. The number of fused-ring (bicyclic) bond motifs is 1. The van der Waals surface area contributed by atoms with Gasteiger partial charge in [-0.15, -0.1) is 11.3 Å². The van der Waals surface area contributed by atoms with Gasteiger partial charge in [-0.3, -0.25) is 0 Å². The predicted molar refractivity (Wildman–Crippen MR) is 69.5 cm³/mol. The Morgan fingerprint density at radius 3 is 2.69 bits per heavy atom. The van der Waals surface area contributed by atoms with Crippen molar-refractivity contribution in [2.75, 3.05) is 5.73 Å². The van der Waals surface area contributed by atoms with Crippen molar-refractivity contribution in [1.82, 2.24) is 4.98 Å². The van der Waals surface area contributed by atoms with Gasteiger partial charge in [-0.1, -0.05) is 24.3 Å². The lowest BCUT2D eigenvalue weighted by Crippen LogP contribution is -1.89. The number of aromatic nitrogens is 1. The van der Waals surface area contributed by atoms with Gasteiger partial charge in [0.25, 0.3) is 0 Å². The average Bonchev–Trinajstić information content (AvgIpc) is 2.72. The fourth-order valence-electron chi connectivity index (χ4n) is 1.70. The summed E-state index contributed by atoms with van der Waals surface area (Å²) in [4.78, 5) is 5.49. The third kappa shape index (κ3) is 1.55. The van der Waals surface area contributed by atoms with Crippen molar-refractivity contribution in [3.63, 3.8) is 0 Å². The summed E-state index contributed by atoms with van der Waals surface area (Å²) in [5.41, 5.74) is 6.63. The van der Waals surface area contributed by atoms with Gasteiger partial charge in [-0.05, 0) is 29.7 Å². The third-order valence-corrected chi connectivity index (χ3v) is 3.59. The lowest BCUT2D eigenvalue weighted by Gasteiger charge is -1.96. The van der Waals surface area contributed by atoms with Crippen molar-refractivity contribution in [1.29, 1.82) is 0 Å². The summed E-state index contributed by atoms with van der Waals surface area (Å²) in [6.07, 6.45) is 0. The maximum Gasteiger partial charge on any atom is 0.124 e. The molecule has 3 aromatic rings. The molecule has 0 bridgehead atoms. The number of pyridine rings is 1. The first kappa shape index (κ1) is 9.36. The van der Waals surface area contributed by atoms with Crippen LogP contribution < -0.4 is 5.73 Å². The Morgan fingerprint density at radius 1 is 1.00 bits per heavy atom. The fourth-order valence-corrected chi connectivity index (χ4v) is 2.73. The lowest BCUT2D eigenvalue weighted by molar-refractivity contribution is 1.35. The minimum absolute atomic E-state index is 0.565. The van der Waals surface area contributed by atoms with Crippen LogP contribution in [0.4, 0.5) is 5.82 Å². The maximum absolute atomic E-state index is 5.68. The van der Waals surface area contributed by atoms with E-state index in [-0.39, 0.29) is 0 Å². The van der Waals surface area contributed by atoms with Crippen LogP contribution in [-0.4, -0.2) is 4.98 Å². The van der Waals surface area contributed by atoms with Crippen molar-refractivity contribution in [2.45, 2.75) is 0 Å². The van der Waals surface area contributed by atoms with E-state index in [9.17, 15) is 0 Å². The first-order valence-corrected chi connectivity index (χ1v) is 5.86. The zero-order valence-electron chi connectivity index (χ0n) is 8.55. The quantitative estimate of drug-likeness (QED) is 0.689. The van der Waals surface area contributed by atoms with Crippen molar-refractivity contribution in [2.24, 2.45) is 0 Å². The van der Waals surface area contributed by atoms with Crippen LogP contribution in [0.5, 0.6) is 0 Å². The largest absolute Gasteiger partial charge is 0.384 e. The normalized spacial score (nSPS) is 10.8. The zero-order chi connectivity index (χ0) is 11.0. The van der Waals surface area contributed by atoms with Crippen LogP contribution in [-0.2, 0) is 0 Å². The molecule has 0 fully saturated rings. The molecule has 0 saturated carbocycles. The Balaban J connectivity index is 2.19. The molecule has 0 spiro atoms. The molecule has 1 aromatic carbocycles. The number of thiophene rings is 1. The monoisotopic (exact) mass is 226 g/mol. The van der Waals surface area contributed by atoms with Gasteiger partial charge < -0.3 is 5.73 Å². The van der Waals surface area contributed by atoms with Gasteiger partial charge >= 0.3 is 0 Å². The van der Waals surface area contributed by atoms with Gasteiger partial charge in [0, 0.05) is 4.70 Å². The molecular weight excluding hydrogens is 216 g/mol. The van der Waals surface area contributed by atoms with Gasteiger partial charge in [0.05, 0.1) is 10.6 Å². The number of benzene rings is 1. The minimum Gasteiger partial charge on any atom is -0.384 e. The third-order valence-electron chi connectivity index (χ3n) is 2.45. The molecule has 2 N–H and O–H groups in total. The predicted octanol–water partition coefficient (Wildman–Crippen LogP) is 3.55. The topological polar surface area (TPSA) is 38.9 Å². The van der Waals surface area contributed by atoms with Gasteiger partial charge in [0.2, 0.25) is 0 Å². The Kier molecular flexibility index (Phi) is 2.11. The summed E-state index contributed by atoms with van der Waals surface area (Å²) >= 11 is 1.74. The Labute approximate surface area is 97.4 Å². The van der Waals surface area contributed by atoms with Crippen LogP contribution in [0.25, 0.3) is 20.7 Å². The SMILES string of the molecule is Nc1cccc(-c2cc3ccccc3s2)n1. The lowest BCUT2D eigenvalue weighted by atomic mass is 10.2. The summed E-state index contributed by atoms with van der Waals surface area (Å²) < 4.78 is 1.28. The summed E-state index contributed by atoms with van der Waals surface area (Å²) in [5, 5.41) is 1.26. The van der Waals surface area contributed by atoms with Gasteiger partial charge in [0.1, 0.15) is 5.82 Å². The molecule has 3 rings (SSSR count). The second-order valence-electron chi connectivity index (χ2n) is 3.60. The maximum atomic E-state index is 5.68. The van der Waals surface area contributed by atoms with E-state index in [1.165, 1.54) is 10.1 Å². The van der Waals surface area contributed by atoms with E-state index in [2.05, 4.69) is 29.2 Å². The van der Waals surface area contributed by atoms with Crippen molar-refractivity contribution >= 4 is 27.2 Å². The molecule has 0 unspecified atom stereocenters. The number of nitrogen functional groups attached to an aromatic ring is 1. The van der Waals surface area contributed by atoms with E-state index < -0.39 is 0 Å². The highest BCUT2D eigenvalue weighted by Crippen LogP contribution is 2.32. The van der Waals surface area contributed by atoms with E-state index >= 15 is 0 Å². The number of hydrogen-bond acceptors (Lipinski definition) is 3. The van der Waals surface area contributed by atoms with Crippen LogP contribution >= 0.6 is 11.3 Å². The number of anilines is 1. The summed E-state index contributed by atoms with van der Waals surface area (Å²) in [6.45, 7) is 0. The highest BCUT2D eigenvalue weighted by molar-refractivity contribution is 7.22. The van der Waals surface area contributed by atoms with Crippen molar-refractivity contribution in [3.05, 3.63) is 48.5 Å². The van der Waals surface area contributed by atoms with Gasteiger partial charge in [-0.25, -0.2) is 4.98 Å². The summed E-state index contributed by atoms with van der Waals surface area (Å²) in [7, 11) is 0. The summed E-state index contributed by atoms with van der Waals surface area (Å²) in [6, 6.07) is 16.2. The molecule has 3 heteroatoms. The molecule has 2 aromatic heterocycles. The van der Waals surface area contributed by atoms with E-state index in [1.54, 1.807) is 17.4 Å². The highest BCUT2D eigenvalue weighted by Gasteiger charge is 2.04. The van der Waals surface area contributed by atoms with E-state index in [4.69, 9.17) is 5.73 Å². The molecule has 2 heterocycles. The smallest absolute Gasteiger partial charge is 0.124 e. The number of nitrogens with zero attached hydrogens (tertiary/aromatic N) is 1. The number of nitrogens with two attached hydrogens (primary N) is 1. The standard InChI is InChI=1S/C13H10N2S/c14-13-7-3-5-10(15-13)12-8-9-4-1-2-6-11(9)16-12/h1-8H,(H2,14,15). The first-order valence-electron chi connectivity index (χ1n) is 5.04. The zero-order valence-corrected chi connectivity index (χ0v) is 9.37. The Bertz CT molecular complexity index is 610. The molecule has 0 aliphatic heterocycles. The molecule has 0 saturated heterocycles. The van der Waals surface area contributed by atoms with Crippen molar-refractivity contribution < 1.29 is 0 Å². The van der Waals surface area contributed by atoms with E-state index in [1.807, 2.05) is 18.2 Å². The fraction of sp³-hybridized carbons (Fsp3) is 0. The van der Waals surface area contributed by atoms with Crippen LogP contribution in [0.15, 0.2) is 48.5 Å². The van der Waals surface area contributed by atoms with Crippen LogP contribution in [0.2, 0.25) is 0 Å². The summed E-state index contributed by atoms with van der Waals surface area (Å²) in [5.74, 6) is 0.565. The van der Waals surface area contributed by atoms with Crippen molar-refractivity contribution in [3.8, 4) is 10.6 Å². The number of rotatable bonds is 1. The average molecular weight is 226 g/mol. The second kappa shape index (κ2) is 3.61. The van der Waals surface area contributed by atoms with E-state index in [0.29, 0.717) is 5.82 Å². The van der Waals surface area contributed by atoms with E-state index in [0.717, 1.165) is 10.6 Å². The molecule has 0 aliphatic rings. The van der Waals surface area contributed by atoms with Gasteiger partial charge in [0.15, 0.2) is 0 Å². The Hall–Kier alpha value is -1.87. The highest BCUT2D eigenvalue weighted by atomic mass is 32.1. The van der Waals surface area contributed by atoms with Gasteiger partial charge in [-0.2, -0.15) is 0 Å². The first-order chi connectivity index (χ1) is 7.83. The molecule has 0 atom stereocenters. The molecule has 0 aliphatic carbocycles. The molecule has 78 valence electrons. The molecule has 0 radical (unpaired) electrons. The van der Waals surface area contributed by atoms with Crippen LogP contribution in [0, 0.1) is 0 Å². The molecular formula is C13H10N2S. The molecule has 0 amide bonds. The minimum atomic E-state index is 0.565. The van der Waals surface area contributed by atoms with Crippen LogP contribution in [0.3, 0.4) is 0 Å². The number of hydrogen-bond donors (Lipinski definition) is 1. The van der Waals surface area contributed by atoms with Crippen LogP contribution in [0.1, 0.15) is 0 Å². The molecule has 16 heavy (non-hydrogen) atoms. The second-order valence-corrected chi connectivity index (χ2v) is 4.68. The molecule has 2 nitrogen and oxygen atoms in total.